The van der Waals surface area contributed by atoms with Crippen molar-refractivity contribution < 1.29 is 4.74 Å². The molecule has 0 saturated carbocycles. The SMILES string of the molecule is Cc1ccc(C(C)C)c(OCc2nn3cc(-c4ccc(Cl)cc4)c4c3n2CCCC4)c1. The third-order valence-corrected chi connectivity index (χ3v) is 6.47. The summed E-state index contributed by atoms with van der Waals surface area (Å²) in [6.45, 7) is 7.96. The van der Waals surface area contributed by atoms with E-state index >= 15 is 0 Å². The van der Waals surface area contributed by atoms with Gasteiger partial charge in [-0.1, -0.05) is 49.7 Å². The molecule has 160 valence electrons. The van der Waals surface area contributed by atoms with Crippen LogP contribution in [0.15, 0.2) is 48.7 Å². The van der Waals surface area contributed by atoms with Gasteiger partial charge in [0.1, 0.15) is 18.0 Å². The summed E-state index contributed by atoms with van der Waals surface area (Å²) >= 11 is 6.10. The van der Waals surface area contributed by atoms with Crippen molar-refractivity contribution in [2.75, 3.05) is 0 Å². The summed E-state index contributed by atoms with van der Waals surface area (Å²) in [6, 6.07) is 14.6. The van der Waals surface area contributed by atoms with Crippen LogP contribution in [-0.2, 0) is 19.6 Å². The van der Waals surface area contributed by atoms with Gasteiger partial charge in [0.15, 0.2) is 5.82 Å². The molecule has 31 heavy (non-hydrogen) atoms. The number of ether oxygens (including phenoxy) is 1. The van der Waals surface area contributed by atoms with Crippen molar-refractivity contribution in [2.24, 2.45) is 0 Å². The van der Waals surface area contributed by atoms with Gasteiger partial charge in [0.25, 0.3) is 0 Å². The first-order valence-electron chi connectivity index (χ1n) is 11.1. The third-order valence-electron chi connectivity index (χ3n) is 6.22. The Bertz CT molecular complexity index is 1230. The molecule has 2 aromatic carbocycles. The van der Waals surface area contributed by atoms with Gasteiger partial charge < -0.3 is 9.30 Å². The molecule has 0 amide bonds. The number of aromatic nitrogens is 3. The van der Waals surface area contributed by atoms with Crippen molar-refractivity contribution in [1.82, 2.24) is 14.2 Å². The zero-order valence-corrected chi connectivity index (χ0v) is 19.1. The molecule has 5 heteroatoms. The summed E-state index contributed by atoms with van der Waals surface area (Å²) in [5, 5.41) is 5.69. The molecule has 4 nitrogen and oxygen atoms in total. The number of halogens is 1. The molecule has 1 aliphatic heterocycles. The van der Waals surface area contributed by atoms with Crippen LogP contribution in [0.2, 0.25) is 5.02 Å². The number of rotatable bonds is 5. The van der Waals surface area contributed by atoms with Gasteiger partial charge in [-0.25, -0.2) is 4.52 Å². The van der Waals surface area contributed by atoms with Crippen molar-refractivity contribution in [3.8, 4) is 16.9 Å². The van der Waals surface area contributed by atoms with E-state index in [4.69, 9.17) is 21.4 Å². The lowest BCUT2D eigenvalue weighted by Gasteiger charge is -2.15. The lowest BCUT2D eigenvalue weighted by Crippen LogP contribution is -2.08. The summed E-state index contributed by atoms with van der Waals surface area (Å²) in [4.78, 5) is 0. The van der Waals surface area contributed by atoms with Crippen LogP contribution in [0.25, 0.3) is 16.8 Å². The standard InChI is InChI=1S/C26H28ClN3O/c1-17(2)21-12-7-18(3)14-24(21)31-16-25-28-30-15-23(19-8-10-20(27)11-9-19)22-6-4-5-13-29(25)26(22)30/h7-12,14-15,17H,4-6,13,16H2,1-3H3. The maximum absolute atomic E-state index is 6.33. The highest BCUT2D eigenvalue weighted by atomic mass is 35.5. The molecule has 0 bridgehead atoms. The molecule has 5 rings (SSSR count). The predicted molar refractivity (Wildman–Crippen MR) is 126 cm³/mol. The molecule has 0 atom stereocenters. The normalized spacial score (nSPS) is 13.7. The van der Waals surface area contributed by atoms with E-state index in [1.807, 2.05) is 16.6 Å². The second-order valence-corrected chi connectivity index (χ2v) is 9.24. The monoisotopic (exact) mass is 433 g/mol. The minimum absolute atomic E-state index is 0.418. The smallest absolute Gasteiger partial charge is 0.169 e. The largest absolute Gasteiger partial charge is 0.485 e. The van der Waals surface area contributed by atoms with E-state index in [0.717, 1.165) is 36.0 Å². The van der Waals surface area contributed by atoms with E-state index in [-0.39, 0.29) is 0 Å². The highest BCUT2D eigenvalue weighted by Gasteiger charge is 2.22. The average Bonchev–Trinajstić information content (AvgIpc) is 3.16. The van der Waals surface area contributed by atoms with E-state index in [2.05, 4.69) is 61.9 Å². The second-order valence-electron chi connectivity index (χ2n) is 8.81. The quantitative estimate of drug-likeness (QED) is 0.346. The average molecular weight is 434 g/mol. The number of aryl methyl sites for hydroxylation is 3. The van der Waals surface area contributed by atoms with Gasteiger partial charge in [0.05, 0.1) is 0 Å². The first-order chi connectivity index (χ1) is 15.0. The van der Waals surface area contributed by atoms with Crippen LogP contribution in [0.3, 0.4) is 0 Å². The Hall–Kier alpha value is -2.72. The van der Waals surface area contributed by atoms with Crippen LogP contribution < -0.4 is 4.74 Å². The van der Waals surface area contributed by atoms with Gasteiger partial charge in [-0.3, -0.25) is 0 Å². The topological polar surface area (TPSA) is 31.5 Å². The molecule has 0 unspecified atom stereocenters. The van der Waals surface area contributed by atoms with Gasteiger partial charge in [0.2, 0.25) is 0 Å². The minimum Gasteiger partial charge on any atom is -0.485 e. The van der Waals surface area contributed by atoms with Crippen LogP contribution in [-0.4, -0.2) is 14.2 Å². The summed E-state index contributed by atoms with van der Waals surface area (Å²) in [5.41, 5.74) is 7.47. The molecule has 0 radical (unpaired) electrons. The zero-order chi connectivity index (χ0) is 21.5. The van der Waals surface area contributed by atoms with Gasteiger partial charge in [-0.2, -0.15) is 0 Å². The maximum Gasteiger partial charge on any atom is 0.169 e. The van der Waals surface area contributed by atoms with Gasteiger partial charge >= 0.3 is 0 Å². The second kappa shape index (κ2) is 8.08. The van der Waals surface area contributed by atoms with Crippen molar-refractivity contribution in [1.29, 1.82) is 0 Å². The molecule has 0 N–H and O–H groups in total. The predicted octanol–water partition coefficient (Wildman–Crippen LogP) is 6.80. The van der Waals surface area contributed by atoms with Crippen molar-refractivity contribution >= 4 is 17.2 Å². The van der Waals surface area contributed by atoms with Crippen LogP contribution in [0.1, 0.15) is 55.1 Å². The highest BCUT2D eigenvalue weighted by Crippen LogP contribution is 2.34. The van der Waals surface area contributed by atoms with Crippen molar-refractivity contribution in [3.05, 3.63) is 76.2 Å². The molecule has 0 spiro atoms. The fourth-order valence-electron chi connectivity index (χ4n) is 4.61. The number of hydrogen-bond donors (Lipinski definition) is 0. The first-order valence-corrected chi connectivity index (χ1v) is 11.5. The first kappa shape index (κ1) is 20.2. The highest BCUT2D eigenvalue weighted by molar-refractivity contribution is 6.30. The molecule has 1 aliphatic rings. The van der Waals surface area contributed by atoms with Crippen LogP contribution in [0, 0.1) is 6.92 Å². The molecular formula is C26H28ClN3O. The molecule has 2 aromatic heterocycles. The van der Waals surface area contributed by atoms with E-state index in [0.29, 0.717) is 12.5 Å². The summed E-state index contributed by atoms with van der Waals surface area (Å²) in [6.07, 6.45) is 5.55. The summed E-state index contributed by atoms with van der Waals surface area (Å²) < 4.78 is 10.7. The van der Waals surface area contributed by atoms with E-state index in [9.17, 15) is 0 Å². The third kappa shape index (κ3) is 3.74. The fraction of sp³-hybridized carbons (Fsp3) is 0.346. The Morgan fingerprint density at radius 3 is 2.68 bits per heavy atom. The minimum atomic E-state index is 0.418. The van der Waals surface area contributed by atoms with E-state index in [1.165, 1.54) is 39.9 Å². The Morgan fingerprint density at radius 2 is 1.90 bits per heavy atom. The van der Waals surface area contributed by atoms with Gasteiger partial charge in [0, 0.05) is 28.9 Å². The van der Waals surface area contributed by atoms with Gasteiger partial charge in [-0.05, 0) is 67.0 Å². The number of hydrogen-bond acceptors (Lipinski definition) is 2. The van der Waals surface area contributed by atoms with Crippen LogP contribution >= 0.6 is 11.6 Å². The number of nitrogens with zero attached hydrogens (tertiary/aromatic N) is 3. The molecule has 4 aromatic rings. The maximum atomic E-state index is 6.33. The molecule has 0 saturated heterocycles. The molecule has 0 aliphatic carbocycles. The van der Waals surface area contributed by atoms with Crippen LogP contribution in [0.4, 0.5) is 0 Å². The van der Waals surface area contributed by atoms with E-state index in [1.54, 1.807) is 0 Å². The molecular weight excluding hydrogens is 406 g/mol. The lowest BCUT2D eigenvalue weighted by atomic mass is 10.0. The Kier molecular flexibility index (Phi) is 5.27. The summed E-state index contributed by atoms with van der Waals surface area (Å²) in [5.74, 6) is 2.37. The number of benzene rings is 2. The molecule has 0 fully saturated rings. The Balaban J connectivity index is 1.51. The van der Waals surface area contributed by atoms with Gasteiger partial charge in [-0.15, -0.1) is 5.10 Å². The van der Waals surface area contributed by atoms with Crippen molar-refractivity contribution in [2.45, 2.75) is 59.1 Å². The fourth-order valence-corrected chi connectivity index (χ4v) is 4.73. The van der Waals surface area contributed by atoms with Crippen molar-refractivity contribution in [3.63, 3.8) is 0 Å². The van der Waals surface area contributed by atoms with E-state index < -0.39 is 0 Å². The zero-order valence-electron chi connectivity index (χ0n) is 18.4. The molecule has 3 heterocycles. The Morgan fingerprint density at radius 1 is 1.10 bits per heavy atom. The lowest BCUT2D eigenvalue weighted by molar-refractivity contribution is 0.284. The summed E-state index contributed by atoms with van der Waals surface area (Å²) in [7, 11) is 0. The Labute approximate surface area is 188 Å². The van der Waals surface area contributed by atoms with Crippen LogP contribution in [0.5, 0.6) is 5.75 Å².